The molecule has 0 spiro atoms. The second-order valence-corrected chi connectivity index (χ2v) is 6.40. The highest BCUT2D eigenvalue weighted by molar-refractivity contribution is 9.10. The number of hydrogen-bond donors (Lipinski definition) is 0. The summed E-state index contributed by atoms with van der Waals surface area (Å²) in [5.41, 5.74) is 0.112. The van der Waals surface area contributed by atoms with Gasteiger partial charge in [0.2, 0.25) is 0 Å². The van der Waals surface area contributed by atoms with E-state index in [1.807, 2.05) is 0 Å². The Morgan fingerprint density at radius 3 is 1.68 bits per heavy atom. The van der Waals surface area contributed by atoms with Crippen molar-refractivity contribution in [3.05, 3.63) is 80.7 Å². The molecule has 0 heterocycles. The molecule has 132 valence electrons. The Bertz CT molecular complexity index is 857. The SMILES string of the molecule is Cc1c(Br)ccc([N+](=O)[O-])c1[N+](=O)[O-].Cc1c(Br)cccc1[N+](=O)[O-]. The van der Waals surface area contributed by atoms with Crippen molar-refractivity contribution in [3.63, 3.8) is 0 Å². The van der Waals surface area contributed by atoms with Crippen molar-refractivity contribution in [1.29, 1.82) is 0 Å². The van der Waals surface area contributed by atoms with Crippen LogP contribution in [0.5, 0.6) is 0 Å². The lowest BCUT2D eigenvalue weighted by Gasteiger charge is -1.99. The molecule has 25 heavy (non-hydrogen) atoms. The maximum absolute atomic E-state index is 10.6. The lowest BCUT2D eigenvalue weighted by atomic mass is 10.2. The minimum Gasteiger partial charge on any atom is -0.258 e. The van der Waals surface area contributed by atoms with Crippen LogP contribution in [0.3, 0.4) is 0 Å². The molecule has 2 aromatic rings. The van der Waals surface area contributed by atoms with E-state index in [2.05, 4.69) is 31.9 Å². The summed E-state index contributed by atoms with van der Waals surface area (Å²) < 4.78 is 1.25. The van der Waals surface area contributed by atoms with Crippen molar-refractivity contribution >= 4 is 48.9 Å². The summed E-state index contributed by atoms with van der Waals surface area (Å²) >= 11 is 6.28. The van der Waals surface area contributed by atoms with Crippen LogP contribution in [0.2, 0.25) is 0 Å². The average molecular weight is 477 g/mol. The van der Waals surface area contributed by atoms with Gasteiger partial charge in [-0.05, 0) is 26.0 Å². The predicted molar refractivity (Wildman–Crippen MR) is 97.7 cm³/mol. The summed E-state index contributed by atoms with van der Waals surface area (Å²) in [6, 6.07) is 7.44. The molecule has 0 unspecified atom stereocenters. The van der Waals surface area contributed by atoms with E-state index in [0.29, 0.717) is 10.0 Å². The van der Waals surface area contributed by atoms with Gasteiger partial charge in [-0.15, -0.1) is 0 Å². The van der Waals surface area contributed by atoms with Crippen LogP contribution >= 0.6 is 31.9 Å². The number of nitro groups is 3. The van der Waals surface area contributed by atoms with Gasteiger partial charge >= 0.3 is 11.4 Å². The van der Waals surface area contributed by atoms with E-state index < -0.39 is 21.2 Å². The zero-order chi connectivity index (χ0) is 19.3. The molecule has 2 rings (SSSR count). The van der Waals surface area contributed by atoms with Gasteiger partial charge in [0.1, 0.15) is 0 Å². The van der Waals surface area contributed by atoms with Crippen LogP contribution in [0.1, 0.15) is 11.1 Å². The largest absolute Gasteiger partial charge is 0.350 e. The van der Waals surface area contributed by atoms with Crippen LogP contribution in [0.25, 0.3) is 0 Å². The average Bonchev–Trinajstić information content (AvgIpc) is 2.52. The monoisotopic (exact) mass is 475 g/mol. The van der Waals surface area contributed by atoms with E-state index >= 15 is 0 Å². The number of benzene rings is 2. The van der Waals surface area contributed by atoms with Gasteiger partial charge in [-0.1, -0.05) is 37.9 Å². The molecular formula is C14H11Br2N3O6. The first-order chi connectivity index (χ1) is 11.6. The molecule has 0 aromatic heterocycles. The van der Waals surface area contributed by atoms with Gasteiger partial charge in [-0.25, -0.2) is 0 Å². The molecule has 0 radical (unpaired) electrons. The van der Waals surface area contributed by atoms with E-state index in [-0.39, 0.29) is 16.2 Å². The van der Waals surface area contributed by atoms with Crippen molar-refractivity contribution in [2.24, 2.45) is 0 Å². The van der Waals surface area contributed by atoms with Crippen LogP contribution in [0.15, 0.2) is 39.3 Å². The molecule has 0 fully saturated rings. The molecule has 2 aromatic carbocycles. The minimum atomic E-state index is -0.766. The van der Waals surface area contributed by atoms with Gasteiger partial charge in [0.05, 0.1) is 14.8 Å². The van der Waals surface area contributed by atoms with Crippen molar-refractivity contribution in [3.8, 4) is 0 Å². The number of rotatable bonds is 3. The maximum atomic E-state index is 10.6. The van der Waals surface area contributed by atoms with E-state index in [0.717, 1.165) is 10.5 Å². The summed E-state index contributed by atoms with van der Waals surface area (Å²) in [5.74, 6) is 0. The van der Waals surface area contributed by atoms with Gasteiger partial charge in [-0.2, -0.15) is 0 Å². The van der Waals surface area contributed by atoms with E-state index in [4.69, 9.17) is 0 Å². The number of halogens is 2. The second kappa shape index (κ2) is 8.62. The van der Waals surface area contributed by atoms with Gasteiger partial charge in [0.25, 0.3) is 5.69 Å². The molecule has 0 atom stereocenters. The number of nitro benzene ring substituents is 3. The Balaban J connectivity index is 0.000000257. The second-order valence-electron chi connectivity index (χ2n) is 4.70. The highest BCUT2D eigenvalue weighted by Gasteiger charge is 2.27. The molecule has 9 nitrogen and oxygen atoms in total. The first-order valence-corrected chi connectivity index (χ1v) is 8.13. The molecule has 0 aliphatic heterocycles. The molecule has 0 amide bonds. The molecule has 0 aliphatic rings. The van der Waals surface area contributed by atoms with Gasteiger partial charge in [0, 0.05) is 32.2 Å². The van der Waals surface area contributed by atoms with Crippen molar-refractivity contribution in [2.45, 2.75) is 13.8 Å². The van der Waals surface area contributed by atoms with E-state index in [1.165, 1.54) is 19.1 Å². The van der Waals surface area contributed by atoms with Crippen molar-refractivity contribution in [2.75, 3.05) is 0 Å². The summed E-state index contributed by atoms with van der Waals surface area (Å²) in [4.78, 5) is 29.5. The normalized spacial score (nSPS) is 9.76. The maximum Gasteiger partial charge on any atom is 0.350 e. The molecule has 0 aliphatic carbocycles. The van der Waals surface area contributed by atoms with E-state index in [1.54, 1.807) is 19.1 Å². The van der Waals surface area contributed by atoms with Crippen molar-refractivity contribution < 1.29 is 14.8 Å². The molecule has 0 bridgehead atoms. The lowest BCUT2D eigenvalue weighted by Crippen LogP contribution is -1.99. The Hall–Kier alpha value is -2.40. The Kier molecular flexibility index (Phi) is 7.12. The van der Waals surface area contributed by atoms with Crippen LogP contribution in [0, 0.1) is 44.2 Å². The molecule has 0 N–H and O–H groups in total. The fourth-order valence-electron chi connectivity index (χ4n) is 1.83. The first kappa shape index (κ1) is 20.6. The lowest BCUT2D eigenvalue weighted by molar-refractivity contribution is -0.422. The third-order valence-corrected chi connectivity index (χ3v) is 4.88. The van der Waals surface area contributed by atoms with Gasteiger partial charge < -0.3 is 0 Å². The quantitative estimate of drug-likeness (QED) is 0.439. The van der Waals surface area contributed by atoms with Crippen molar-refractivity contribution in [1.82, 2.24) is 0 Å². The highest BCUT2D eigenvalue weighted by Crippen LogP contribution is 2.34. The van der Waals surface area contributed by atoms with Crippen LogP contribution in [0.4, 0.5) is 17.1 Å². The zero-order valence-corrected chi connectivity index (χ0v) is 16.1. The molecule has 0 saturated carbocycles. The van der Waals surface area contributed by atoms with Crippen LogP contribution in [-0.4, -0.2) is 14.8 Å². The number of nitrogens with zero attached hydrogens (tertiary/aromatic N) is 3. The standard InChI is InChI=1S/C7H5BrN2O4.C7H6BrNO2/c1-4-5(8)2-3-6(9(11)12)7(4)10(13)14;1-5-6(8)3-2-4-7(5)9(10)11/h2-3H,1H3;2-4H,1H3. The molecule has 11 heteroatoms. The summed E-state index contributed by atoms with van der Waals surface area (Å²) in [7, 11) is 0. The Labute approximate surface area is 158 Å². The summed E-state index contributed by atoms with van der Waals surface area (Å²) in [5, 5.41) is 31.4. The zero-order valence-electron chi connectivity index (χ0n) is 12.9. The highest BCUT2D eigenvalue weighted by atomic mass is 79.9. The number of hydrogen-bond acceptors (Lipinski definition) is 6. The summed E-state index contributed by atoms with van der Waals surface area (Å²) in [6.07, 6.45) is 0. The minimum absolute atomic E-state index is 0.152. The molecule has 0 saturated heterocycles. The third kappa shape index (κ3) is 5.03. The van der Waals surface area contributed by atoms with Gasteiger partial charge in [0.15, 0.2) is 0 Å². The van der Waals surface area contributed by atoms with Crippen LogP contribution < -0.4 is 0 Å². The van der Waals surface area contributed by atoms with Crippen LogP contribution in [-0.2, 0) is 0 Å². The fraction of sp³-hybridized carbons (Fsp3) is 0.143. The van der Waals surface area contributed by atoms with E-state index in [9.17, 15) is 30.3 Å². The summed E-state index contributed by atoms with van der Waals surface area (Å²) in [6.45, 7) is 3.16. The smallest absolute Gasteiger partial charge is 0.258 e. The molecular weight excluding hydrogens is 466 g/mol. The Morgan fingerprint density at radius 2 is 1.24 bits per heavy atom. The predicted octanol–water partition coefficient (Wildman–Crippen LogP) is 5.24. The first-order valence-electron chi connectivity index (χ1n) is 6.55. The fourth-order valence-corrected chi connectivity index (χ4v) is 2.51. The van der Waals surface area contributed by atoms with Gasteiger partial charge in [-0.3, -0.25) is 30.3 Å². The topological polar surface area (TPSA) is 129 Å². The Morgan fingerprint density at radius 1 is 0.720 bits per heavy atom. The third-order valence-electron chi connectivity index (χ3n) is 3.16.